The number of sulfone groups is 1. The van der Waals surface area contributed by atoms with Crippen LogP contribution >= 0.6 is 11.8 Å². The lowest BCUT2D eigenvalue weighted by Crippen LogP contribution is -2.38. The predicted octanol–water partition coefficient (Wildman–Crippen LogP) is 2.31. The van der Waals surface area contributed by atoms with E-state index in [0.29, 0.717) is 11.6 Å². The molecule has 2 atom stereocenters. The van der Waals surface area contributed by atoms with Crippen molar-refractivity contribution in [3.63, 3.8) is 0 Å². The molecule has 0 radical (unpaired) electrons. The van der Waals surface area contributed by atoms with Gasteiger partial charge in [-0.1, -0.05) is 36.9 Å². The van der Waals surface area contributed by atoms with Crippen molar-refractivity contribution in [3.05, 3.63) is 29.3 Å². The molecule has 23 heavy (non-hydrogen) atoms. The van der Waals surface area contributed by atoms with Gasteiger partial charge in [0.05, 0.1) is 17.5 Å². The first kappa shape index (κ1) is 16.5. The number of hydrogen-bond acceptors (Lipinski definition) is 4. The first-order valence-electron chi connectivity index (χ1n) is 7.66. The second kappa shape index (κ2) is 5.94. The summed E-state index contributed by atoms with van der Waals surface area (Å²) in [6.45, 7) is 5.78. The molecule has 1 amide bonds. The number of nitrogens with zero attached hydrogens (tertiary/aromatic N) is 2. The summed E-state index contributed by atoms with van der Waals surface area (Å²) in [5, 5.41) is 0.585. The van der Waals surface area contributed by atoms with Crippen molar-refractivity contribution in [2.24, 2.45) is 4.99 Å². The molecule has 0 bridgehead atoms. The molecule has 0 saturated carbocycles. The van der Waals surface area contributed by atoms with E-state index < -0.39 is 9.84 Å². The van der Waals surface area contributed by atoms with Gasteiger partial charge in [-0.3, -0.25) is 4.79 Å². The molecular weight excluding hydrogens is 332 g/mol. The Bertz CT molecular complexity index is 766. The molecule has 2 aliphatic heterocycles. The maximum atomic E-state index is 12.0. The zero-order valence-corrected chi connectivity index (χ0v) is 15.1. The molecule has 1 aromatic rings. The second-order valence-electron chi connectivity index (χ2n) is 6.05. The van der Waals surface area contributed by atoms with E-state index in [4.69, 9.17) is 0 Å². The summed E-state index contributed by atoms with van der Waals surface area (Å²) >= 11 is 1.42. The lowest BCUT2D eigenvalue weighted by Gasteiger charge is -2.27. The van der Waals surface area contributed by atoms with Crippen LogP contribution in [0.4, 0.5) is 5.69 Å². The monoisotopic (exact) mass is 352 g/mol. The first-order valence-corrected chi connectivity index (χ1v) is 10.4. The summed E-state index contributed by atoms with van der Waals surface area (Å²) in [6, 6.07) is 5.84. The smallest absolute Gasteiger partial charge is 0.247 e. The molecule has 0 unspecified atom stereocenters. The van der Waals surface area contributed by atoms with E-state index in [1.165, 1.54) is 11.8 Å². The van der Waals surface area contributed by atoms with E-state index in [0.717, 1.165) is 16.8 Å². The number of rotatable bonds is 2. The number of para-hydroxylation sites is 1. The molecule has 2 fully saturated rings. The van der Waals surface area contributed by atoms with Crippen LogP contribution in [0.1, 0.15) is 24.5 Å². The van der Waals surface area contributed by atoms with E-state index in [9.17, 15) is 13.2 Å². The Morgan fingerprint density at radius 2 is 1.96 bits per heavy atom. The van der Waals surface area contributed by atoms with Gasteiger partial charge in [0, 0.05) is 17.4 Å². The van der Waals surface area contributed by atoms with E-state index >= 15 is 0 Å². The Morgan fingerprint density at radius 3 is 2.57 bits per heavy atom. The molecule has 124 valence electrons. The van der Waals surface area contributed by atoms with Gasteiger partial charge in [0.2, 0.25) is 5.91 Å². The average molecular weight is 352 g/mol. The molecule has 1 aromatic carbocycles. The zero-order chi connectivity index (χ0) is 16.8. The number of benzene rings is 1. The number of anilines is 1. The fraction of sp³-hybridized carbons (Fsp3) is 0.500. The Balaban J connectivity index is 2.11. The summed E-state index contributed by atoms with van der Waals surface area (Å²) in [5.74, 6) is 0.104. The highest BCUT2D eigenvalue weighted by Crippen LogP contribution is 2.43. The van der Waals surface area contributed by atoms with Crippen LogP contribution in [-0.4, -0.2) is 42.3 Å². The van der Waals surface area contributed by atoms with Crippen LogP contribution in [0.5, 0.6) is 0 Å². The van der Waals surface area contributed by atoms with Crippen LogP contribution in [0.25, 0.3) is 0 Å². The van der Waals surface area contributed by atoms with Gasteiger partial charge in [-0.25, -0.2) is 8.42 Å². The third kappa shape index (κ3) is 3.04. The third-order valence-corrected chi connectivity index (χ3v) is 7.48. The number of aliphatic imine (C=N–C) groups is 1. The molecule has 7 heteroatoms. The highest BCUT2D eigenvalue weighted by molar-refractivity contribution is 8.16. The highest BCUT2D eigenvalue weighted by Gasteiger charge is 2.49. The van der Waals surface area contributed by atoms with Gasteiger partial charge in [0.1, 0.15) is 0 Å². The van der Waals surface area contributed by atoms with Crippen LogP contribution in [0.3, 0.4) is 0 Å². The third-order valence-electron chi connectivity index (χ3n) is 4.27. The normalized spacial score (nSPS) is 27.4. The first-order chi connectivity index (χ1) is 10.8. The molecule has 2 aliphatic rings. The SMILES string of the molecule is CCC(=O)N=C1S[C@H]2CS(=O)(=O)C[C@H]2N1c1c(C)cccc1C. The molecule has 2 saturated heterocycles. The summed E-state index contributed by atoms with van der Waals surface area (Å²) in [7, 11) is -3.03. The van der Waals surface area contributed by atoms with Gasteiger partial charge in [-0.05, 0) is 25.0 Å². The van der Waals surface area contributed by atoms with Crippen LogP contribution in [0, 0.1) is 13.8 Å². The van der Waals surface area contributed by atoms with Crippen molar-refractivity contribution in [1.82, 2.24) is 0 Å². The number of hydrogen-bond donors (Lipinski definition) is 0. The van der Waals surface area contributed by atoms with Crippen molar-refractivity contribution >= 4 is 38.4 Å². The van der Waals surface area contributed by atoms with Gasteiger partial charge in [0.15, 0.2) is 15.0 Å². The summed E-state index contributed by atoms with van der Waals surface area (Å²) in [5.41, 5.74) is 3.10. The Hall–Kier alpha value is -1.34. The Kier molecular flexibility index (Phi) is 4.27. The minimum absolute atomic E-state index is 0.0533. The maximum Gasteiger partial charge on any atom is 0.247 e. The van der Waals surface area contributed by atoms with E-state index in [1.807, 2.05) is 36.9 Å². The lowest BCUT2D eigenvalue weighted by atomic mass is 10.1. The molecule has 2 heterocycles. The van der Waals surface area contributed by atoms with Crippen LogP contribution < -0.4 is 4.90 Å². The number of amidine groups is 1. The summed E-state index contributed by atoms with van der Waals surface area (Å²) in [4.78, 5) is 18.0. The van der Waals surface area contributed by atoms with E-state index in [1.54, 1.807) is 6.92 Å². The predicted molar refractivity (Wildman–Crippen MR) is 94.9 cm³/mol. The molecule has 0 aromatic heterocycles. The standard InChI is InChI=1S/C16H20N2O3S2/c1-4-14(19)17-16-18(15-10(2)6-5-7-11(15)3)12-8-23(20,21)9-13(12)22-16/h5-7,12-13H,4,8-9H2,1-3H3/t12-,13+/m1/s1. The van der Waals surface area contributed by atoms with Crippen LogP contribution in [0.15, 0.2) is 23.2 Å². The Labute approximate surface area is 141 Å². The van der Waals surface area contributed by atoms with Gasteiger partial charge in [0.25, 0.3) is 0 Å². The van der Waals surface area contributed by atoms with Crippen molar-refractivity contribution in [3.8, 4) is 0 Å². The van der Waals surface area contributed by atoms with Crippen molar-refractivity contribution in [2.75, 3.05) is 16.4 Å². The maximum absolute atomic E-state index is 12.0. The second-order valence-corrected chi connectivity index (χ2v) is 9.41. The van der Waals surface area contributed by atoms with Crippen molar-refractivity contribution in [1.29, 1.82) is 0 Å². The molecule has 3 rings (SSSR count). The fourth-order valence-electron chi connectivity index (χ4n) is 3.20. The molecule has 0 aliphatic carbocycles. The molecule has 0 N–H and O–H groups in total. The number of carbonyl (C=O) groups excluding carboxylic acids is 1. The number of fused-ring (bicyclic) bond motifs is 1. The van der Waals surface area contributed by atoms with E-state index in [-0.39, 0.29) is 28.7 Å². The topological polar surface area (TPSA) is 66.8 Å². The highest BCUT2D eigenvalue weighted by atomic mass is 32.2. The quantitative estimate of drug-likeness (QED) is 0.817. The summed E-state index contributed by atoms with van der Waals surface area (Å²) in [6.07, 6.45) is 0.346. The lowest BCUT2D eigenvalue weighted by molar-refractivity contribution is -0.117. The van der Waals surface area contributed by atoms with Crippen molar-refractivity contribution < 1.29 is 13.2 Å². The number of aryl methyl sites for hydroxylation is 2. The van der Waals surface area contributed by atoms with E-state index in [2.05, 4.69) is 4.99 Å². The van der Waals surface area contributed by atoms with Crippen molar-refractivity contribution in [2.45, 2.75) is 38.5 Å². The summed E-state index contributed by atoms with van der Waals surface area (Å²) < 4.78 is 24.1. The zero-order valence-electron chi connectivity index (χ0n) is 13.4. The molecule has 5 nitrogen and oxygen atoms in total. The number of amides is 1. The Morgan fingerprint density at radius 1 is 1.30 bits per heavy atom. The minimum Gasteiger partial charge on any atom is -0.315 e. The number of carbonyl (C=O) groups is 1. The van der Waals surface area contributed by atoms with Gasteiger partial charge >= 0.3 is 0 Å². The van der Waals surface area contributed by atoms with Gasteiger partial charge in [-0.15, -0.1) is 0 Å². The fourth-order valence-corrected chi connectivity index (χ4v) is 7.11. The van der Waals surface area contributed by atoms with Crippen LogP contribution in [-0.2, 0) is 14.6 Å². The largest absolute Gasteiger partial charge is 0.315 e. The van der Waals surface area contributed by atoms with Crippen LogP contribution in [0.2, 0.25) is 0 Å². The molecular formula is C16H20N2O3S2. The number of thioether (sulfide) groups is 1. The molecule has 0 spiro atoms. The average Bonchev–Trinajstić information content (AvgIpc) is 2.91. The van der Waals surface area contributed by atoms with Gasteiger partial charge in [-0.2, -0.15) is 4.99 Å². The van der Waals surface area contributed by atoms with Gasteiger partial charge < -0.3 is 4.90 Å². The minimum atomic E-state index is -3.03.